The second-order valence-electron chi connectivity index (χ2n) is 5.16. The zero-order valence-electron chi connectivity index (χ0n) is 12.7. The van der Waals surface area contributed by atoms with Crippen molar-refractivity contribution < 1.29 is 4.74 Å². The van der Waals surface area contributed by atoms with Gasteiger partial charge >= 0.3 is 0 Å². The van der Waals surface area contributed by atoms with Crippen LogP contribution in [-0.4, -0.2) is 11.5 Å². The van der Waals surface area contributed by atoms with Gasteiger partial charge in [0.05, 0.1) is 5.02 Å². The maximum Gasteiger partial charge on any atom is 0.219 e. The van der Waals surface area contributed by atoms with Crippen LogP contribution >= 0.6 is 11.6 Å². The first-order valence-electron chi connectivity index (χ1n) is 7.20. The highest BCUT2D eigenvalue weighted by molar-refractivity contribution is 6.31. The number of aryl methyl sites for hydroxylation is 2. The molecular weight excluding hydrogens is 284 g/mol. The van der Waals surface area contributed by atoms with Crippen LogP contribution in [0.1, 0.15) is 30.0 Å². The van der Waals surface area contributed by atoms with E-state index in [1.165, 1.54) is 5.56 Å². The monoisotopic (exact) mass is 304 g/mol. The smallest absolute Gasteiger partial charge is 0.219 e. The fraction of sp³-hybridized carbons (Fsp3) is 0.353. The van der Waals surface area contributed by atoms with Gasteiger partial charge in [-0.15, -0.1) is 0 Å². The molecule has 0 aliphatic carbocycles. The van der Waals surface area contributed by atoms with E-state index in [4.69, 9.17) is 16.3 Å². The Morgan fingerprint density at radius 1 is 1.24 bits per heavy atom. The summed E-state index contributed by atoms with van der Waals surface area (Å²) in [6.45, 7) is 7.91. The van der Waals surface area contributed by atoms with Gasteiger partial charge in [-0.25, -0.2) is 4.98 Å². The highest BCUT2D eigenvalue weighted by atomic mass is 35.5. The van der Waals surface area contributed by atoms with Gasteiger partial charge in [-0.05, 0) is 44.0 Å². The molecule has 2 rings (SSSR count). The van der Waals surface area contributed by atoms with Crippen molar-refractivity contribution in [3.63, 3.8) is 0 Å². The minimum atomic E-state index is 0.569. The molecule has 0 atom stereocenters. The molecule has 21 heavy (non-hydrogen) atoms. The van der Waals surface area contributed by atoms with Gasteiger partial charge < -0.3 is 10.1 Å². The van der Waals surface area contributed by atoms with E-state index in [-0.39, 0.29) is 0 Å². The van der Waals surface area contributed by atoms with Crippen LogP contribution < -0.4 is 10.1 Å². The first-order valence-corrected chi connectivity index (χ1v) is 7.58. The van der Waals surface area contributed by atoms with Crippen molar-refractivity contribution in [1.82, 2.24) is 10.3 Å². The van der Waals surface area contributed by atoms with E-state index in [9.17, 15) is 0 Å². The lowest BCUT2D eigenvalue weighted by atomic mass is 10.1. The van der Waals surface area contributed by atoms with Crippen LogP contribution in [0.25, 0.3) is 0 Å². The molecule has 1 N–H and O–H groups in total. The molecule has 0 saturated heterocycles. The Balaban J connectivity index is 2.14. The number of rotatable bonds is 6. The standard InChI is InChI=1S/C17H21ClN2O/c1-4-7-19-10-14-9-17(20-11-15(14)18)21-16-6-5-12(2)8-13(16)3/h5-6,8-9,11,19H,4,7,10H2,1-3H3. The van der Waals surface area contributed by atoms with Crippen molar-refractivity contribution in [2.45, 2.75) is 33.7 Å². The lowest BCUT2D eigenvalue weighted by Gasteiger charge is -2.11. The molecule has 0 unspecified atom stereocenters. The maximum absolute atomic E-state index is 6.17. The second-order valence-corrected chi connectivity index (χ2v) is 5.57. The fourth-order valence-corrected chi connectivity index (χ4v) is 2.25. The molecule has 1 aromatic carbocycles. The molecule has 0 fully saturated rings. The molecule has 3 nitrogen and oxygen atoms in total. The molecule has 0 bridgehead atoms. The predicted molar refractivity (Wildman–Crippen MR) is 87.2 cm³/mol. The van der Waals surface area contributed by atoms with Gasteiger partial charge in [-0.3, -0.25) is 0 Å². The van der Waals surface area contributed by atoms with Crippen LogP contribution in [0.3, 0.4) is 0 Å². The molecule has 4 heteroatoms. The van der Waals surface area contributed by atoms with Crippen molar-refractivity contribution in [3.05, 3.63) is 52.2 Å². The lowest BCUT2D eigenvalue weighted by Crippen LogP contribution is -2.14. The van der Waals surface area contributed by atoms with Crippen LogP contribution in [0.15, 0.2) is 30.5 Å². The molecular formula is C17H21ClN2O. The van der Waals surface area contributed by atoms with E-state index in [1.54, 1.807) is 6.20 Å². The van der Waals surface area contributed by atoms with Gasteiger partial charge in [-0.2, -0.15) is 0 Å². The molecule has 0 amide bonds. The Morgan fingerprint density at radius 2 is 2.05 bits per heavy atom. The maximum atomic E-state index is 6.17. The summed E-state index contributed by atoms with van der Waals surface area (Å²) in [6, 6.07) is 7.98. The predicted octanol–water partition coefficient (Wildman–Crippen LogP) is 4.64. The van der Waals surface area contributed by atoms with Crippen LogP contribution in [0, 0.1) is 13.8 Å². The largest absolute Gasteiger partial charge is 0.439 e. The Bertz CT molecular complexity index is 614. The van der Waals surface area contributed by atoms with Crippen molar-refractivity contribution in [1.29, 1.82) is 0 Å². The van der Waals surface area contributed by atoms with Gasteiger partial charge in [-0.1, -0.05) is 36.2 Å². The number of pyridine rings is 1. The summed E-state index contributed by atoms with van der Waals surface area (Å²) in [6.07, 6.45) is 2.73. The number of nitrogens with one attached hydrogen (secondary N) is 1. The highest BCUT2D eigenvalue weighted by Gasteiger charge is 2.07. The molecule has 1 aromatic heterocycles. The third-order valence-corrected chi connectivity index (χ3v) is 3.54. The number of hydrogen-bond donors (Lipinski definition) is 1. The van der Waals surface area contributed by atoms with Crippen molar-refractivity contribution >= 4 is 11.6 Å². The molecule has 0 radical (unpaired) electrons. The van der Waals surface area contributed by atoms with Crippen molar-refractivity contribution in [2.24, 2.45) is 0 Å². The first kappa shape index (κ1) is 15.8. The van der Waals surface area contributed by atoms with Crippen LogP contribution in [0.5, 0.6) is 11.6 Å². The number of halogens is 1. The number of aromatic nitrogens is 1. The Kier molecular flexibility index (Phi) is 5.59. The van der Waals surface area contributed by atoms with Crippen molar-refractivity contribution in [2.75, 3.05) is 6.54 Å². The zero-order chi connectivity index (χ0) is 15.2. The van der Waals surface area contributed by atoms with Crippen LogP contribution in [-0.2, 0) is 6.54 Å². The minimum Gasteiger partial charge on any atom is -0.439 e. The number of benzene rings is 1. The number of ether oxygens (including phenoxy) is 1. The zero-order valence-corrected chi connectivity index (χ0v) is 13.5. The average Bonchev–Trinajstić information content (AvgIpc) is 2.45. The van der Waals surface area contributed by atoms with Gasteiger partial charge in [0.2, 0.25) is 5.88 Å². The molecule has 112 valence electrons. The summed E-state index contributed by atoms with van der Waals surface area (Å²) in [7, 11) is 0. The van der Waals surface area contributed by atoms with Gasteiger partial charge in [0.25, 0.3) is 0 Å². The summed E-state index contributed by atoms with van der Waals surface area (Å²) in [4.78, 5) is 4.24. The quantitative estimate of drug-likeness (QED) is 0.789. The topological polar surface area (TPSA) is 34.1 Å². The summed E-state index contributed by atoms with van der Waals surface area (Å²) in [5.41, 5.74) is 3.31. The van der Waals surface area contributed by atoms with Gasteiger partial charge in [0.1, 0.15) is 5.75 Å². The molecule has 0 aliphatic rings. The SMILES string of the molecule is CCCNCc1cc(Oc2ccc(C)cc2C)ncc1Cl. The van der Waals surface area contributed by atoms with E-state index in [0.29, 0.717) is 10.9 Å². The highest BCUT2D eigenvalue weighted by Crippen LogP contribution is 2.26. The Morgan fingerprint density at radius 3 is 2.76 bits per heavy atom. The van der Waals surface area contributed by atoms with E-state index in [0.717, 1.165) is 36.4 Å². The fourth-order valence-electron chi connectivity index (χ4n) is 2.08. The number of nitrogens with zero attached hydrogens (tertiary/aromatic N) is 1. The van der Waals surface area contributed by atoms with E-state index < -0.39 is 0 Å². The normalized spacial score (nSPS) is 10.7. The Labute approximate surface area is 131 Å². The summed E-state index contributed by atoms with van der Waals surface area (Å²) in [5, 5.41) is 3.99. The molecule has 2 aromatic rings. The molecule has 1 heterocycles. The van der Waals surface area contributed by atoms with Gasteiger partial charge in [0, 0.05) is 18.8 Å². The minimum absolute atomic E-state index is 0.569. The summed E-state index contributed by atoms with van der Waals surface area (Å²) in [5.74, 6) is 1.39. The third kappa shape index (κ3) is 4.45. The van der Waals surface area contributed by atoms with E-state index in [1.807, 2.05) is 25.1 Å². The molecule has 0 saturated carbocycles. The van der Waals surface area contributed by atoms with Crippen molar-refractivity contribution in [3.8, 4) is 11.6 Å². The van der Waals surface area contributed by atoms with Gasteiger partial charge in [0.15, 0.2) is 0 Å². The molecule has 0 spiro atoms. The Hall–Kier alpha value is -1.58. The first-order chi connectivity index (χ1) is 10.1. The number of hydrogen-bond acceptors (Lipinski definition) is 3. The molecule has 0 aliphatic heterocycles. The van der Waals surface area contributed by atoms with E-state index >= 15 is 0 Å². The lowest BCUT2D eigenvalue weighted by molar-refractivity contribution is 0.458. The second kappa shape index (κ2) is 7.43. The third-order valence-electron chi connectivity index (χ3n) is 3.20. The van der Waals surface area contributed by atoms with Crippen LogP contribution in [0.2, 0.25) is 5.02 Å². The summed E-state index contributed by atoms with van der Waals surface area (Å²) >= 11 is 6.17. The summed E-state index contributed by atoms with van der Waals surface area (Å²) < 4.78 is 5.87. The average molecular weight is 305 g/mol. The van der Waals surface area contributed by atoms with Crippen LogP contribution in [0.4, 0.5) is 0 Å². The van der Waals surface area contributed by atoms with E-state index in [2.05, 4.69) is 30.2 Å².